The third-order valence-corrected chi connectivity index (χ3v) is 3.94. The molecular weight excluding hydrogens is 226 g/mol. The lowest BCUT2D eigenvalue weighted by atomic mass is 9.96. The molecule has 18 heavy (non-hydrogen) atoms. The van der Waals surface area contributed by atoms with Gasteiger partial charge < -0.3 is 10.3 Å². The molecule has 0 saturated heterocycles. The van der Waals surface area contributed by atoms with Crippen LogP contribution in [0.5, 0.6) is 0 Å². The van der Waals surface area contributed by atoms with Crippen LogP contribution in [0.25, 0.3) is 0 Å². The molecule has 2 aromatic rings. The van der Waals surface area contributed by atoms with E-state index in [1.807, 2.05) is 0 Å². The van der Waals surface area contributed by atoms with E-state index in [-0.39, 0.29) is 0 Å². The molecule has 1 aromatic heterocycles. The Morgan fingerprint density at radius 2 is 1.83 bits per heavy atom. The summed E-state index contributed by atoms with van der Waals surface area (Å²) in [6, 6.07) is 8.37. The van der Waals surface area contributed by atoms with E-state index in [9.17, 15) is 0 Å². The summed E-state index contributed by atoms with van der Waals surface area (Å²) in [5.74, 6) is 1.92. The molecule has 0 unspecified atom stereocenters. The summed E-state index contributed by atoms with van der Waals surface area (Å²) in [4.78, 5) is 4.51. The quantitative estimate of drug-likeness (QED) is 0.872. The SMILES string of the molecule is NC1(c2noc(C3CC3)n2)Cc2ccccc2C1. The van der Waals surface area contributed by atoms with Crippen LogP contribution in [0.15, 0.2) is 28.8 Å². The minimum Gasteiger partial charge on any atom is -0.339 e. The van der Waals surface area contributed by atoms with Crippen molar-refractivity contribution < 1.29 is 4.52 Å². The van der Waals surface area contributed by atoms with Crippen molar-refractivity contribution in [1.82, 2.24) is 10.1 Å². The zero-order valence-corrected chi connectivity index (χ0v) is 10.1. The molecule has 4 heteroatoms. The molecule has 2 aliphatic rings. The molecule has 2 N–H and O–H groups in total. The molecule has 1 aromatic carbocycles. The highest BCUT2D eigenvalue weighted by Gasteiger charge is 2.40. The largest absolute Gasteiger partial charge is 0.339 e. The van der Waals surface area contributed by atoms with Crippen LogP contribution in [0.3, 0.4) is 0 Å². The van der Waals surface area contributed by atoms with Gasteiger partial charge in [-0.25, -0.2) is 0 Å². The number of aromatic nitrogens is 2. The molecule has 1 heterocycles. The van der Waals surface area contributed by atoms with Crippen LogP contribution >= 0.6 is 0 Å². The van der Waals surface area contributed by atoms with E-state index >= 15 is 0 Å². The number of rotatable bonds is 2. The standard InChI is InChI=1S/C14H15N3O/c15-14(7-10-3-1-2-4-11(10)8-14)13-16-12(18-17-13)9-5-6-9/h1-4,9H,5-8,15H2. The number of benzene rings is 1. The monoisotopic (exact) mass is 241 g/mol. The Labute approximate surface area is 105 Å². The predicted molar refractivity (Wildman–Crippen MR) is 66.0 cm³/mol. The van der Waals surface area contributed by atoms with Crippen molar-refractivity contribution in [3.8, 4) is 0 Å². The number of nitrogens with zero attached hydrogens (tertiary/aromatic N) is 2. The Kier molecular flexibility index (Phi) is 1.95. The molecule has 2 aliphatic carbocycles. The summed E-state index contributed by atoms with van der Waals surface area (Å²) in [6.45, 7) is 0. The summed E-state index contributed by atoms with van der Waals surface area (Å²) in [7, 11) is 0. The fourth-order valence-electron chi connectivity index (χ4n) is 2.74. The van der Waals surface area contributed by atoms with E-state index in [2.05, 4.69) is 34.4 Å². The summed E-state index contributed by atoms with van der Waals surface area (Å²) < 4.78 is 5.32. The second kappa shape index (κ2) is 3.42. The minimum atomic E-state index is -0.486. The second-order valence-electron chi connectivity index (χ2n) is 5.51. The molecule has 0 atom stereocenters. The first kappa shape index (κ1) is 10.3. The van der Waals surface area contributed by atoms with Crippen LogP contribution in [0.2, 0.25) is 0 Å². The smallest absolute Gasteiger partial charge is 0.229 e. The lowest BCUT2D eigenvalue weighted by Gasteiger charge is -2.18. The van der Waals surface area contributed by atoms with Crippen molar-refractivity contribution in [2.24, 2.45) is 5.73 Å². The molecule has 92 valence electrons. The molecule has 0 aliphatic heterocycles. The number of hydrogen-bond donors (Lipinski definition) is 1. The summed E-state index contributed by atoms with van der Waals surface area (Å²) >= 11 is 0. The topological polar surface area (TPSA) is 64.9 Å². The van der Waals surface area contributed by atoms with E-state index in [1.165, 1.54) is 24.0 Å². The van der Waals surface area contributed by atoms with Crippen LogP contribution in [-0.4, -0.2) is 10.1 Å². The van der Waals surface area contributed by atoms with Gasteiger partial charge in [-0.2, -0.15) is 4.98 Å². The molecular formula is C14H15N3O. The Bertz CT molecular complexity index is 576. The average Bonchev–Trinajstić information content (AvgIpc) is 2.98. The molecule has 4 nitrogen and oxygen atoms in total. The summed E-state index contributed by atoms with van der Waals surface area (Å²) in [5, 5.41) is 4.10. The van der Waals surface area contributed by atoms with Gasteiger partial charge in [0.05, 0.1) is 5.54 Å². The van der Waals surface area contributed by atoms with Crippen molar-refractivity contribution in [1.29, 1.82) is 0 Å². The Morgan fingerprint density at radius 3 is 2.44 bits per heavy atom. The van der Waals surface area contributed by atoms with Crippen molar-refractivity contribution in [3.63, 3.8) is 0 Å². The van der Waals surface area contributed by atoms with Crippen molar-refractivity contribution >= 4 is 0 Å². The fourth-order valence-corrected chi connectivity index (χ4v) is 2.74. The van der Waals surface area contributed by atoms with Gasteiger partial charge in [-0.3, -0.25) is 0 Å². The highest BCUT2D eigenvalue weighted by molar-refractivity contribution is 5.37. The van der Waals surface area contributed by atoms with Crippen molar-refractivity contribution in [3.05, 3.63) is 47.1 Å². The van der Waals surface area contributed by atoms with E-state index in [0.717, 1.165) is 18.7 Å². The van der Waals surface area contributed by atoms with Gasteiger partial charge in [0.15, 0.2) is 5.82 Å². The van der Waals surface area contributed by atoms with Crippen LogP contribution in [-0.2, 0) is 18.4 Å². The number of nitrogens with two attached hydrogens (primary N) is 1. The maximum Gasteiger partial charge on any atom is 0.229 e. The van der Waals surface area contributed by atoms with Gasteiger partial charge in [-0.05, 0) is 36.8 Å². The van der Waals surface area contributed by atoms with Crippen LogP contribution < -0.4 is 5.73 Å². The predicted octanol–water partition coefficient (Wildman–Crippen LogP) is 1.90. The molecule has 1 fully saturated rings. The maximum absolute atomic E-state index is 6.48. The minimum absolute atomic E-state index is 0.485. The van der Waals surface area contributed by atoms with Gasteiger partial charge in [0.25, 0.3) is 0 Å². The zero-order chi connectivity index (χ0) is 12.2. The van der Waals surface area contributed by atoms with Gasteiger partial charge in [-0.15, -0.1) is 0 Å². The maximum atomic E-state index is 6.48. The lowest BCUT2D eigenvalue weighted by molar-refractivity contribution is 0.351. The van der Waals surface area contributed by atoms with Crippen molar-refractivity contribution in [2.45, 2.75) is 37.1 Å². The second-order valence-corrected chi connectivity index (χ2v) is 5.51. The zero-order valence-electron chi connectivity index (χ0n) is 10.1. The fraction of sp³-hybridized carbons (Fsp3) is 0.429. The molecule has 0 radical (unpaired) electrons. The average molecular weight is 241 g/mol. The van der Waals surface area contributed by atoms with Gasteiger partial charge >= 0.3 is 0 Å². The molecule has 0 spiro atoms. The van der Waals surface area contributed by atoms with Gasteiger partial charge in [0, 0.05) is 5.92 Å². The molecule has 1 saturated carbocycles. The van der Waals surface area contributed by atoms with Gasteiger partial charge in [0.2, 0.25) is 5.89 Å². The van der Waals surface area contributed by atoms with Crippen molar-refractivity contribution in [2.75, 3.05) is 0 Å². The first-order valence-corrected chi connectivity index (χ1v) is 6.44. The third kappa shape index (κ3) is 1.49. The van der Waals surface area contributed by atoms with Crippen LogP contribution in [0.1, 0.15) is 41.6 Å². The highest BCUT2D eigenvalue weighted by atomic mass is 16.5. The molecule has 0 amide bonds. The summed E-state index contributed by atoms with van der Waals surface area (Å²) in [6.07, 6.45) is 3.93. The first-order valence-electron chi connectivity index (χ1n) is 6.44. The normalized spacial score (nSPS) is 20.9. The molecule has 0 bridgehead atoms. The third-order valence-electron chi connectivity index (χ3n) is 3.94. The Hall–Kier alpha value is -1.68. The lowest BCUT2D eigenvalue weighted by Crippen LogP contribution is -2.38. The van der Waals surface area contributed by atoms with Crippen LogP contribution in [0.4, 0.5) is 0 Å². The van der Waals surface area contributed by atoms with E-state index in [0.29, 0.717) is 11.7 Å². The first-order chi connectivity index (χ1) is 8.74. The number of hydrogen-bond acceptors (Lipinski definition) is 4. The van der Waals surface area contributed by atoms with E-state index in [1.54, 1.807) is 0 Å². The van der Waals surface area contributed by atoms with Gasteiger partial charge in [-0.1, -0.05) is 29.4 Å². The Balaban J connectivity index is 1.68. The van der Waals surface area contributed by atoms with E-state index in [4.69, 9.17) is 10.3 Å². The summed E-state index contributed by atoms with van der Waals surface area (Å²) in [5.41, 5.74) is 8.60. The van der Waals surface area contributed by atoms with E-state index < -0.39 is 5.54 Å². The molecule has 4 rings (SSSR count). The van der Waals surface area contributed by atoms with Crippen LogP contribution in [0, 0.1) is 0 Å². The highest BCUT2D eigenvalue weighted by Crippen LogP contribution is 2.40. The Morgan fingerprint density at radius 1 is 1.17 bits per heavy atom. The number of fused-ring (bicyclic) bond motifs is 1. The van der Waals surface area contributed by atoms with Gasteiger partial charge in [0.1, 0.15) is 0 Å².